The van der Waals surface area contributed by atoms with Crippen LogP contribution in [-0.2, 0) is 0 Å². The van der Waals surface area contributed by atoms with E-state index in [0.29, 0.717) is 26.3 Å². The molecule has 0 unspecified atom stereocenters. The smallest absolute Gasteiger partial charge is 0.238 e. The third-order valence-electron chi connectivity index (χ3n) is 4.54. The van der Waals surface area contributed by atoms with Gasteiger partial charge in [0.1, 0.15) is 0 Å². The summed E-state index contributed by atoms with van der Waals surface area (Å²) in [5.41, 5.74) is 4.73. The molecule has 0 saturated heterocycles. The molecule has 3 rings (SSSR count). The molecule has 6 heteroatoms. The first kappa shape index (κ1) is 21.3. The van der Waals surface area contributed by atoms with Crippen LogP contribution in [0, 0.1) is 20.8 Å². The largest absolute Gasteiger partial charge is 0.867 e. The van der Waals surface area contributed by atoms with E-state index in [2.05, 4.69) is 5.32 Å². The topological polar surface area (TPSA) is 39.0 Å². The van der Waals surface area contributed by atoms with E-state index in [1.54, 1.807) is 29.0 Å². The number of rotatable bonds is 4. The lowest BCUT2D eigenvalue weighted by Crippen LogP contribution is -2.40. The molecule has 3 nitrogen and oxygen atoms in total. The summed E-state index contributed by atoms with van der Waals surface area (Å²) in [7, 11) is 0. The van der Waals surface area contributed by atoms with Crippen molar-refractivity contribution < 1.29 is 9.67 Å². The zero-order valence-corrected chi connectivity index (χ0v) is 18.6. The molecular weight excluding hydrogens is 423 g/mol. The van der Waals surface area contributed by atoms with Crippen molar-refractivity contribution in [2.24, 2.45) is 0 Å². The van der Waals surface area contributed by atoms with Gasteiger partial charge in [-0.25, -0.2) is 0 Å². The highest BCUT2D eigenvalue weighted by atomic mass is 35.5. The second-order valence-corrected chi connectivity index (χ2v) is 8.04. The molecule has 1 heterocycles. The summed E-state index contributed by atoms with van der Waals surface area (Å²) < 4.78 is 1.74. The van der Waals surface area contributed by atoms with Gasteiger partial charge in [-0.05, 0) is 61.4 Å². The van der Waals surface area contributed by atoms with Crippen molar-refractivity contribution >= 4 is 57.6 Å². The molecule has 2 aromatic carbocycles. The van der Waals surface area contributed by atoms with Crippen LogP contribution >= 0.6 is 35.4 Å². The molecule has 0 spiro atoms. The average molecular weight is 443 g/mol. The van der Waals surface area contributed by atoms with Crippen LogP contribution in [0.3, 0.4) is 0 Å². The molecule has 0 fully saturated rings. The van der Waals surface area contributed by atoms with Crippen molar-refractivity contribution in [2.75, 3.05) is 5.32 Å². The molecule has 0 saturated carbocycles. The van der Waals surface area contributed by atoms with Gasteiger partial charge in [-0.2, -0.15) is 4.57 Å². The number of nitrogens with zero attached hydrogens (tertiary/aromatic N) is 1. The summed E-state index contributed by atoms with van der Waals surface area (Å²) in [5.74, 6) is -0.247. The highest BCUT2D eigenvalue weighted by molar-refractivity contribution is 7.81. The summed E-state index contributed by atoms with van der Waals surface area (Å²) in [6, 6.07) is 14.6. The zero-order valence-electron chi connectivity index (χ0n) is 16.3. The predicted octanol–water partition coefficient (Wildman–Crippen LogP) is 5.33. The fourth-order valence-corrected chi connectivity index (χ4v) is 3.63. The number of anilines is 1. The second-order valence-electron chi connectivity index (χ2n) is 6.82. The van der Waals surface area contributed by atoms with Crippen molar-refractivity contribution in [1.82, 2.24) is 0 Å². The number of hydrogen-bond donors (Lipinski definition) is 1. The molecule has 1 N–H and O–H groups in total. The lowest BCUT2D eigenvalue weighted by molar-refractivity contribution is -0.578. The summed E-state index contributed by atoms with van der Waals surface area (Å²) >= 11 is 17.8. The third-order valence-corrected chi connectivity index (χ3v) is 5.57. The lowest BCUT2D eigenvalue weighted by atomic mass is 10.1. The highest BCUT2D eigenvalue weighted by Crippen LogP contribution is 2.27. The van der Waals surface area contributed by atoms with E-state index in [-0.39, 0.29) is 5.76 Å². The fraction of sp³-hybridized carbons (Fsp3) is 0.130. The van der Waals surface area contributed by atoms with Crippen molar-refractivity contribution in [3.05, 3.63) is 93.2 Å². The van der Waals surface area contributed by atoms with Crippen LogP contribution in [0.4, 0.5) is 5.69 Å². The molecule has 0 aliphatic rings. The van der Waals surface area contributed by atoms with E-state index in [1.165, 1.54) is 0 Å². The van der Waals surface area contributed by atoms with Gasteiger partial charge >= 0.3 is 0 Å². The third kappa shape index (κ3) is 4.78. The van der Waals surface area contributed by atoms with Crippen LogP contribution in [0.2, 0.25) is 10.0 Å². The number of hydrogen-bond acceptors (Lipinski definition) is 2. The summed E-state index contributed by atoms with van der Waals surface area (Å²) in [6.07, 6.45) is 3.67. The number of aromatic nitrogens is 1. The van der Waals surface area contributed by atoms with Gasteiger partial charge in [0.15, 0.2) is 17.4 Å². The van der Waals surface area contributed by atoms with Crippen molar-refractivity contribution in [3.8, 4) is 0 Å². The molecule has 0 aliphatic heterocycles. The number of pyridine rings is 1. The molecule has 0 aliphatic carbocycles. The number of para-hydroxylation sites is 1. The average Bonchev–Trinajstić information content (AvgIpc) is 2.67. The highest BCUT2D eigenvalue weighted by Gasteiger charge is 2.20. The van der Waals surface area contributed by atoms with Gasteiger partial charge in [-0.3, -0.25) is 0 Å². The van der Waals surface area contributed by atoms with E-state index in [9.17, 15) is 5.11 Å². The van der Waals surface area contributed by atoms with Gasteiger partial charge in [0, 0.05) is 17.3 Å². The number of nitrogens with one attached hydrogen (secondary N) is 1. The Bertz CT molecular complexity index is 1110. The number of benzene rings is 2. The lowest BCUT2D eigenvalue weighted by Gasteiger charge is -2.19. The molecule has 0 atom stereocenters. The minimum absolute atomic E-state index is 0.247. The van der Waals surface area contributed by atoms with Gasteiger partial charge in [-0.15, -0.1) is 0 Å². The van der Waals surface area contributed by atoms with Crippen molar-refractivity contribution in [2.45, 2.75) is 20.8 Å². The molecule has 1 aromatic heterocycles. The second kappa shape index (κ2) is 8.95. The van der Waals surface area contributed by atoms with Gasteiger partial charge in [-0.1, -0.05) is 59.7 Å². The normalized spacial score (nSPS) is 11.8. The van der Waals surface area contributed by atoms with E-state index < -0.39 is 0 Å². The van der Waals surface area contributed by atoms with Crippen molar-refractivity contribution in [3.63, 3.8) is 0 Å². The van der Waals surface area contributed by atoms with Crippen LogP contribution in [0.25, 0.3) is 11.5 Å². The Hall–Kier alpha value is -2.40. The van der Waals surface area contributed by atoms with E-state index in [0.717, 1.165) is 22.4 Å². The molecule has 0 radical (unpaired) electrons. The minimum Gasteiger partial charge on any atom is -0.867 e. The maximum Gasteiger partial charge on any atom is 0.238 e. The Morgan fingerprint density at radius 1 is 0.966 bits per heavy atom. The first-order chi connectivity index (χ1) is 13.8. The van der Waals surface area contributed by atoms with E-state index in [1.807, 2.05) is 57.3 Å². The molecule has 148 valence electrons. The summed E-state index contributed by atoms with van der Waals surface area (Å²) in [6.45, 7) is 5.95. The van der Waals surface area contributed by atoms with Gasteiger partial charge in [0.25, 0.3) is 0 Å². The van der Waals surface area contributed by atoms with Crippen LogP contribution in [0.1, 0.15) is 22.3 Å². The Morgan fingerprint density at radius 2 is 1.66 bits per heavy atom. The van der Waals surface area contributed by atoms with E-state index >= 15 is 0 Å². The zero-order chi connectivity index (χ0) is 21.1. The van der Waals surface area contributed by atoms with Crippen LogP contribution < -0.4 is 15.0 Å². The fourth-order valence-electron chi connectivity index (χ4n) is 3.03. The van der Waals surface area contributed by atoms with Crippen LogP contribution in [0.15, 0.2) is 60.9 Å². The Kier molecular flexibility index (Phi) is 6.58. The molecule has 3 aromatic rings. The quantitative estimate of drug-likeness (QED) is 0.256. The van der Waals surface area contributed by atoms with Crippen LogP contribution in [-0.4, -0.2) is 4.99 Å². The monoisotopic (exact) mass is 442 g/mol. The molecule has 29 heavy (non-hydrogen) atoms. The Balaban J connectivity index is 2.15. The minimum atomic E-state index is -0.247. The maximum absolute atomic E-state index is 13.4. The predicted molar refractivity (Wildman–Crippen MR) is 123 cm³/mol. The van der Waals surface area contributed by atoms with Crippen molar-refractivity contribution in [1.29, 1.82) is 0 Å². The first-order valence-corrected chi connectivity index (χ1v) is 10.2. The molecule has 0 amide bonds. The Morgan fingerprint density at radius 3 is 2.28 bits per heavy atom. The molecule has 0 bridgehead atoms. The van der Waals surface area contributed by atoms with Gasteiger partial charge in [0.2, 0.25) is 5.70 Å². The number of thiocarbonyl (C=S) groups is 1. The summed E-state index contributed by atoms with van der Waals surface area (Å²) in [5, 5.41) is 17.4. The van der Waals surface area contributed by atoms with Gasteiger partial charge in [0.05, 0.1) is 10.0 Å². The SMILES string of the molecule is Cc1ccc[n+](/C(C(=S)Nc2c(C)cccc2C)=C(/[O-])c2ccc(Cl)c(Cl)c2)c1. The first-order valence-electron chi connectivity index (χ1n) is 9.00. The number of halogens is 2. The summed E-state index contributed by atoms with van der Waals surface area (Å²) in [4.78, 5) is 0.328. The Labute approximate surface area is 186 Å². The standard InChI is InChI=1S/C23H20Cl2N2OS/c1-14-6-5-11-27(13-14)21(22(28)17-9-10-18(24)19(25)12-17)23(29)26-20-15(2)7-4-8-16(20)3/h4-13H,1-3H3,(H-,26,28,29). The van der Waals surface area contributed by atoms with Gasteiger partial charge < -0.3 is 10.4 Å². The van der Waals surface area contributed by atoms with E-state index in [4.69, 9.17) is 35.4 Å². The number of aryl methyl sites for hydroxylation is 3. The van der Waals surface area contributed by atoms with Crippen LogP contribution in [0.5, 0.6) is 0 Å². The maximum atomic E-state index is 13.4. The molecular formula is C23H20Cl2N2OS.